The Labute approximate surface area is 156 Å². The van der Waals surface area contributed by atoms with Crippen LogP contribution < -0.4 is 15.1 Å². The molecular weight excluding hydrogens is 344 g/mol. The lowest BCUT2D eigenvalue weighted by molar-refractivity contribution is 0.101. The summed E-state index contributed by atoms with van der Waals surface area (Å²) >= 11 is 0. The third-order valence-corrected chi connectivity index (χ3v) is 5.00. The maximum Gasteiger partial charge on any atom is 0.336 e. The zero-order chi connectivity index (χ0) is 19.0. The SMILES string of the molecule is COc1cc(C(C)=O)ccc1OCc1cc(=O)oc2cc3c(cc12)CCC3. The molecule has 1 aliphatic rings. The number of ketones is 1. The lowest BCUT2D eigenvalue weighted by atomic mass is 10.0. The van der Waals surface area contributed by atoms with E-state index in [0.717, 1.165) is 30.2 Å². The van der Waals surface area contributed by atoms with Crippen LogP contribution in [-0.4, -0.2) is 12.9 Å². The van der Waals surface area contributed by atoms with Crippen molar-refractivity contribution < 1.29 is 18.7 Å². The zero-order valence-electron chi connectivity index (χ0n) is 15.3. The van der Waals surface area contributed by atoms with Gasteiger partial charge in [-0.2, -0.15) is 0 Å². The fraction of sp³-hybridized carbons (Fsp3) is 0.273. The highest BCUT2D eigenvalue weighted by atomic mass is 16.5. The fourth-order valence-electron chi connectivity index (χ4n) is 3.58. The lowest BCUT2D eigenvalue weighted by Crippen LogP contribution is -2.05. The van der Waals surface area contributed by atoms with Gasteiger partial charge in [-0.15, -0.1) is 0 Å². The molecule has 1 heterocycles. The molecule has 2 aromatic carbocycles. The molecule has 0 N–H and O–H groups in total. The Kier molecular flexibility index (Phi) is 4.44. The molecule has 0 saturated carbocycles. The van der Waals surface area contributed by atoms with E-state index >= 15 is 0 Å². The number of hydrogen-bond acceptors (Lipinski definition) is 5. The molecule has 138 valence electrons. The van der Waals surface area contributed by atoms with E-state index in [1.54, 1.807) is 18.2 Å². The highest BCUT2D eigenvalue weighted by molar-refractivity contribution is 5.94. The van der Waals surface area contributed by atoms with E-state index in [9.17, 15) is 9.59 Å². The number of rotatable bonds is 5. The molecule has 27 heavy (non-hydrogen) atoms. The van der Waals surface area contributed by atoms with E-state index in [4.69, 9.17) is 13.9 Å². The van der Waals surface area contributed by atoms with Gasteiger partial charge in [0.1, 0.15) is 12.2 Å². The van der Waals surface area contributed by atoms with Crippen LogP contribution in [0.5, 0.6) is 11.5 Å². The summed E-state index contributed by atoms with van der Waals surface area (Å²) in [5.41, 5.74) is 4.10. The van der Waals surface area contributed by atoms with Crippen molar-refractivity contribution >= 4 is 16.8 Å². The summed E-state index contributed by atoms with van der Waals surface area (Å²) in [4.78, 5) is 23.5. The molecule has 0 atom stereocenters. The second kappa shape index (κ2) is 6.91. The fourth-order valence-corrected chi connectivity index (χ4v) is 3.58. The van der Waals surface area contributed by atoms with E-state index in [2.05, 4.69) is 6.07 Å². The van der Waals surface area contributed by atoms with Crippen LogP contribution in [0.25, 0.3) is 11.0 Å². The Morgan fingerprint density at radius 2 is 1.85 bits per heavy atom. The maximum absolute atomic E-state index is 12.0. The van der Waals surface area contributed by atoms with Gasteiger partial charge in [-0.25, -0.2) is 4.79 Å². The first kappa shape index (κ1) is 17.3. The van der Waals surface area contributed by atoms with Gasteiger partial charge in [-0.1, -0.05) is 0 Å². The van der Waals surface area contributed by atoms with Crippen LogP contribution in [0, 0.1) is 0 Å². The van der Waals surface area contributed by atoms with Gasteiger partial charge in [0.15, 0.2) is 17.3 Å². The van der Waals surface area contributed by atoms with Crippen LogP contribution >= 0.6 is 0 Å². The minimum atomic E-state index is -0.391. The molecule has 0 spiro atoms. The number of carbonyl (C=O) groups is 1. The number of ether oxygens (including phenoxy) is 2. The Balaban J connectivity index is 1.68. The number of Topliss-reactive ketones (excluding diaryl/α,β-unsaturated/α-hetero) is 1. The summed E-state index contributed by atoms with van der Waals surface area (Å²) < 4.78 is 16.6. The summed E-state index contributed by atoms with van der Waals surface area (Å²) in [6.45, 7) is 1.71. The number of benzene rings is 2. The Morgan fingerprint density at radius 3 is 2.59 bits per heavy atom. The molecule has 0 radical (unpaired) electrons. The van der Waals surface area contributed by atoms with Crippen LogP contribution in [0.1, 0.15) is 40.4 Å². The Bertz CT molecular complexity index is 1090. The number of aryl methyl sites for hydroxylation is 2. The van der Waals surface area contributed by atoms with Crippen molar-refractivity contribution in [3.05, 3.63) is 69.1 Å². The molecule has 1 aromatic heterocycles. The van der Waals surface area contributed by atoms with E-state index in [1.807, 2.05) is 6.07 Å². The van der Waals surface area contributed by atoms with Crippen molar-refractivity contribution in [2.75, 3.05) is 7.11 Å². The summed E-state index contributed by atoms with van der Waals surface area (Å²) in [7, 11) is 1.53. The maximum atomic E-state index is 12.0. The molecular formula is C22H20O5. The molecule has 0 amide bonds. The summed E-state index contributed by atoms with van der Waals surface area (Å²) in [5, 5.41) is 0.898. The first-order valence-corrected chi connectivity index (χ1v) is 8.95. The van der Waals surface area contributed by atoms with E-state index in [0.29, 0.717) is 22.6 Å². The normalized spacial score (nSPS) is 12.8. The highest BCUT2D eigenvalue weighted by Crippen LogP contribution is 2.31. The highest BCUT2D eigenvalue weighted by Gasteiger charge is 2.16. The molecule has 5 heteroatoms. The van der Waals surface area contributed by atoms with Crippen LogP contribution in [0.15, 0.2) is 45.6 Å². The average Bonchev–Trinajstić information content (AvgIpc) is 3.11. The van der Waals surface area contributed by atoms with Gasteiger partial charge in [-0.3, -0.25) is 4.79 Å². The smallest absolute Gasteiger partial charge is 0.336 e. The standard InChI is InChI=1S/C22H20O5/c1-13(23)14-6-7-19(21(9-14)25-2)26-12-17-11-22(24)27-20-10-16-5-3-4-15(16)8-18(17)20/h6-11H,3-5,12H2,1-2H3. The topological polar surface area (TPSA) is 65.7 Å². The minimum absolute atomic E-state index is 0.0413. The van der Waals surface area contributed by atoms with Crippen LogP contribution in [0.3, 0.4) is 0 Å². The quantitative estimate of drug-likeness (QED) is 0.504. The van der Waals surface area contributed by atoms with Gasteiger partial charge in [-0.05, 0) is 67.6 Å². The van der Waals surface area contributed by atoms with Crippen molar-refractivity contribution in [2.24, 2.45) is 0 Å². The molecule has 4 rings (SSSR count). The first-order valence-electron chi connectivity index (χ1n) is 8.95. The summed E-state index contributed by atoms with van der Waals surface area (Å²) in [6, 6.07) is 10.6. The molecule has 1 aliphatic carbocycles. The van der Waals surface area contributed by atoms with Gasteiger partial charge < -0.3 is 13.9 Å². The zero-order valence-corrected chi connectivity index (χ0v) is 15.3. The van der Waals surface area contributed by atoms with E-state index in [-0.39, 0.29) is 12.4 Å². The van der Waals surface area contributed by atoms with Gasteiger partial charge in [0.2, 0.25) is 0 Å². The predicted octanol–water partition coefficient (Wildman–Crippen LogP) is 4.07. The minimum Gasteiger partial charge on any atom is -0.493 e. The van der Waals surface area contributed by atoms with Crippen molar-refractivity contribution in [1.29, 1.82) is 0 Å². The number of carbonyl (C=O) groups excluding carboxylic acids is 1. The second-order valence-corrected chi connectivity index (χ2v) is 6.77. The predicted molar refractivity (Wildman–Crippen MR) is 102 cm³/mol. The third kappa shape index (κ3) is 3.33. The van der Waals surface area contributed by atoms with E-state index in [1.165, 1.54) is 31.2 Å². The molecule has 3 aromatic rings. The Hall–Kier alpha value is -3.08. The number of methoxy groups -OCH3 is 1. The summed E-state index contributed by atoms with van der Waals surface area (Å²) in [5.74, 6) is 0.960. The van der Waals surface area contributed by atoms with Crippen molar-refractivity contribution in [3.63, 3.8) is 0 Å². The molecule has 5 nitrogen and oxygen atoms in total. The van der Waals surface area contributed by atoms with Gasteiger partial charge >= 0.3 is 5.63 Å². The molecule has 0 saturated heterocycles. The van der Waals surface area contributed by atoms with Crippen LogP contribution in [0.2, 0.25) is 0 Å². The van der Waals surface area contributed by atoms with E-state index < -0.39 is 5.63 Å². The van der Waals surface area contributed by atoms with Crippen LogP contribution in [-0.2, 0) is 19.4 Å². The van der Waals surface area contributed by atoms with Crippen LogP contribution in [0.4, 0.5) is 0 Å². The third-order valence-electron chi connectivity index (χ3n) is 5.00. The van der Waals surface area contributed by atoms with Crippen molar-refractivity contribution in [2.45, 2.75) is 32.8 Å². The van der Waals surface area contributed by atoms with Gasteiger partial charge in [0.05, 0.1) is 7.11 Å². The average molecular weight is 364 g/mol. The molecule has 0 unspecified atom stereocenters. The summed E-state index contributed by atoms with van der Waals surface area (Å²) in [6.07, 6.45) is 3.20. The van der Waals surface area contributed by atoms with Crippen molar-refractivity contribution in [3.8, 4) is 11.5 Å². The number of fused-ring (bicyclic) bond motifs is 2. The van der Waals surface area contributed by atoms with Crippen molar-refractivity contribution in [1.82, 2.24) is 0 Å². The van der Waals surface area contributed by atoms with Gasteiger partial charge in [0.25, 0.3) is 0 Å². The largest absolute Gasteiger partial charge is 0.493 e. The Morgan fingerprint density at radius 1 is 1.07 bits per heavy atom. The molecule has 0 bridgehead atoms. The molecule has 0 fully saturated rings. The first-order chi connectivity index (χ1) is 13.0. The second-order valence-electron chi connectivity index (χ2n) is 6.77. The number of hydrogen-bond donors (Lipinski definition) is 0. The van der Waals surface area contributed by atoms with Gasteiger partial charge in [0, 0.05) is 22.6 Å². The lowest BCUT2D eigenvalue weighted by Gasteiger charge is -2.13. The monoisotopic (exact) mass is 364 g/mol. The molecule has 0 aliphatic heterocycles.